The number of hydrogen-bond donors (Lipinski definition) is 2. The van der Waals surface area contributed by atoms with E-state index >= 15 is 0 Å². The molecule has 130 valence electrons. The molecule has 0 aliphatic heterocycles. The summed E-state index contributed by atoms with van der Waals surface area (Å²) in [5, 5.41) is 6.95. The molecule has 8 heteroatoms. The molecule has 2 aromatic heterocycles. The Labute approximate surface area is 140 Å². The second-order valence-electron chi connectivity index (χ2n) is 6.06. The Morgan fingerprint density at radius 1 is 1.46 bits per heavy atom. The summed E-state index contributed by atoms with van der Waals surface area (Å²) < 4.78 is 6.84. The summed E-state index contributed by atoms with van der Waals surface area (Å²) in [6.07, 6.45) is 2.32. The lowest BCUT2D eigenvalue weighted by Crippen LogP contribution is -2.34. The summed E-state index contributed by atoms with van der Waals surface area (Å²) in [4.78, 5) is 30.7. The average molecular weight is 333 g/mol. The van der Waals surface area contributed by atoms with Gasteiger partial charge in [-0.2, -0.15) is 10.1 Å². The van der Waals surface area contributed by atoms with E-state index in [2.05, 4.69) is 20.4 Å². The van der Waals surface area contributed by atoms with Gasteiger partial charge in [-0.3, -0.25) is 9.48 Å². The maximum Gasteiger partial charge on any atom is 0.345 e. The number of aromatic amines is 1. The van der Waals surface area contributed by atoms with E-state index in [-0.39, 0.29) is 18.3 Å². The number of nitrogens with zero attached hydrogens (tertiary/aromatic N) is 3. The van der Waals surface area contributed by atoms with Crippen molar-refractivity contribution in [3.05, 3.63) is 45.9 Å². The molecule has 0 bridgehead atoms. The Morgan fingerprint density at radius 2 is 2.21 bits per heavy atom. The maximum atomic E-state index is 12.5. The van der Waals surface area contributed by atoms with E-state index in [1.54, 1.807) is 37.2 Å². The molecule has 0 spiro atoms. The van der Waals surface area contributed by atoms with Gasteiger partial charge in [-0.15, -0.1) is 0 Å². The number of H-pyrrole nitrogens is 1. The first-order valence-electron chi connectivity index (χ1n) is 7.78. The van der Waals surface area contributed by atoms with Crippen LogP contribution in [0.3, 0.4) is 0 Å². The molecule has 1 amide bonds. The summed E-state index contributed by atoms with van der Waals surface area (Å²) in [6, 6.07) is 3.04. The molecule has 0 fully saturated rings. The van der Waals surface area contributed by atoms with Gasteiger partial charge in [0.2, 0.25) is 0 Å². The molecular weight excluding hydrogens is 310 g/mol. The highest BCUT2D eigenvalue weighted by Crippen LogP contribution is 2.13. The minimum absolute atomic E-state index is 0.0951. The topological polar surface area (TPSA) is 102 Å². The van der Waals surface area contributed by atoms with E-state index < -0.39 is 11.6 Å². The number of hydrogen-bond acceptors (Lipinski definition) is 5. The van der Waals surface area contributed by atoms with Crippen molar-refractivity contribution in [2.24, 2.45) is 13.0 Å². The van der Waals surface area contributed by atoms with Crippen molar-refractivity contribution >= 4 is 5.91 Å². The lowest BCUT2D eigenvalue weighted by molar-refractivity contribution is 0.0886. The zero-order valence-corrected chi connectivity index (χ0v) is 14.4. The second kappa shape index (κ2) is 7.87. The predicted octanol–water partition coefficient (Wildman–Crippen LogP) is 0.819. The summed E-state index contributed by atoms with van der Waals surface area (Å²) in [5.41, 5.74) is 1.07. The van der Waals surface area contributed by atoms with Crippen molar-refractivity contribution in [3.63, 3.8) is 0 Å². The third-order valence-corrected chi connectivity index (χ3v) is 3.52. The first-order valence-corrected chi connectivity index (χ1v) is 7.78. The van der Waals surface area contributed by atoms with E-state index in [1.807, 2.05) is 13.8 Å². The predicted molar refractivity (Wildman–Crippen MR) is 88.7 cm³/mol. The second-order valence-corrected chi connectivity index (χ2v) is 6.06. The summed E-state index contributed by atoms with van der Waals surface area (Å²) in [6.45, 7) is 4.36. The number of amides is 1. The smallest absolute Gasteiger partial charge is 0.345 e. The van der Waals surface area contributed by atoms with E-state index in [0.717, 1.165) is 5.69 Å². The van der Waals surface area contributed by atoms with Crippen LogP contribution < -0.4 is 11.0 Å². The number of methoxy groups -OCH3 is 1. The van der Waals surface area contributed by atoms with Crippen molar-refractivity contribution in [1.29, 1.82) is 0 Å². The number of rotatable bonds is 7. The molecule has 2 N–H and O–H groups in total. The highest BCUT2D eigenvalue weighted by atomic mass is 16.5. The fraction of sp³-hybridized carbons (Fsp3) is 0.500. The molecule has 8 nitrogen and oxygen atoms in total. The SMILES string of the molecule is COC[C@H](NC(=O)c1cc(CC(C)C)[nH]c(=O)n1)c1ccnn1C. The molecule has 2 aromatic rings. The highest BCUT2D eigenvalue weighted by molar-refractivity contribution is 5.92. The zero-order chi connectivity index (χ0) is 17.7. The fourth-order valence-electron chi connectivity index (χ4n) is 2.50. The number of nitrogens with one attached hydrogen (secondary N) is 2. The van der Waals surface area contributed by atoms with Gasteiger partial charge >= 0.3 is 5.69 Å². The first kappa shape index (κ1) is 17.9. The minimum Gasteiger partial charge on any atom is -0.382 e. The summed E-state index contributed by atoms with van der Waals surface area (Å²) >= 11 is 0. The summed E-state index contributed by atoms with van der Waals surface area (Å²) in [5.74, 6) is -0.0657. The molecule has 0 radical (unpaired) electrons. The molecule has 24 heavy (non-hydrogen) atoms. The zero-order valence-electron chi connectivity index (χ0n) is 14.4. The van der Waals surface area contributed by atoms with Crippen LogP contribution in [0.1, 0.15) is 41.8 Å². The molecule has 2 heterocycles. The lowest BCUT2D eigenvalue weighted by atomic mass is 10.1. The van der Waals surface area contributed by atoms with Crippen molar-refractivity contribution < 1.29 is 9.53 Å². The molecule has 2 rings (SSSR count). The third kappa shape index (κ3) is 4.51. The third-order valence-electron chi connectivity index (χ3n) is 3.52. The molecule has 0 unspecified atom stereocenters. The molecule has 0 aromatic carbocycles. The van der Waals surface area contributed by atoms with Gasteiger partial charge < -0.3 is 15.0 Å². The Kier molecular flexibility index (Phi) is 5.86. The van der Waals surface area contributed by atoms with Gasteiger partial charge in [0.25, 0.3) is 5.91 Å². The highest BCUT2D eigenvalue weighted by Gasteiger charge is 2.20. The Morgan fingerprint density at radius 3 is 2.79 bits per heavy atom. The van der Waals surface area contributed by atoms with E-state index in [0.29, 0.717) is 18.0 Å². The maximum absolute atomic E-state index is 12.5. The summed E-state index contributed by atoms with van der Waals surface area (Å²) in [7, 11) is 3.35. The van der Waals surface area contributed by atoms with Crippen LogP contribution in [-0.4, -0.2) is 39.4 Å². The largest absolute Gasteiger partial charge is 0.382 e. The van der Waals surface area contributed by atoms with Crippen molar-refractivity contribution in [2.75, 3.05) is 13.7 Å². The number of carbonyl (C=O) groups excluding carboxylic acids is 1. The monoisotopic (exact) mass is 333 g/mol. The van der Waals surface area contributed by atoms with Gasteiger partial charge in [0.1, 0.15) is 5.69 Å². The Balaban J connectivity index is 2.22. The van der Waals surface area contributed by atoms with E-state index in [4.69, 9.17) is 4.74 Å². The quantitative estimate of drug-likeness (QED) is 0.781. The van der Waals surface area contributed by atoms with Crippen molar-refractivity contribution in [3.8, 4) is 0 Å². The van der Waals surface area contributed by atoms with Crippen LogP contribution in [0.25, 0.3) is 0 Å². The molecule has 0 saturated carbocycles. The van der Waals surface area contributed by atoms with Crippen LogP contribution >= 0.6 is 0 Å². The molecular formula is C16H23N5O3. The first-order chi connectivity index (χ1) is 11.4. The van der Waals surface area contributed by atoms with Crippen molar-refractivity contribution in [2.45, 2.75) is 26.3 Å². The normalized spacial score (nSPS) is 12.4. The minimum atomic E-state index is -0.526. The fourth-order valence-corrected chi connectivity index (χ4v) is 2.50. The van der Waals surface area contributed by atoms with Crippen molar-refractivity contribution in [1.82, 2.24) is 25.1 Å². The van der Waals surface area contributed by atoms with Gasteiger partial charge in [-0.25, -0.2) is 4.79 Å². The van der Waals surface area contributed by atoms with E-state index in [9.17, 15) is 9.59 Å². The van der Waals surface area contributed by atoms with Crippen LogP contribution in [0.2, 0.25) is 0 Å². The van der Waals surface area contributed by atoms with Gasteiger partial charge in [-0.05, 0) is 24.5 Å². The standard InChI is InChI=1S/C16H23N5O3/c1-10(2)7-11-8-12(20-16(23)18-11)15(22)19-13(9-24-4)14-5-6-17-21(14)3/h5-6,8,10,13H,7,9H2,1-4H3,(H,19,22)(H,18,20,23)/t13-/m0/s1. The van der Waals surface area contributed by atoms with E-state index in [1.165, 1.54) is 0 Å². The van der Waals surface area contributed by atoms with Gasteiger partial charge in [-0.1, -0.05) is 13.8 Å². The van der Waals surface area contributed by atoms with Gasteiger partial charge in [0, 0.05) is 26.0 Å². The molecule has 1 atom stereocenters. The van der Waals surface area contributed by atoms with Crippen LogP contribution in [0.15, 0.2) is 23.1 Å². The van der Waals surface area contributed by atoms with Gasteiger partial charge in [0.05, 0.1) is 18.3 Å². The number of aromatic nitrogens is 4. The van der Waals surface area contributed by atoms with Gasteiger partial charge in [0.15, 0.2) is 0 Å². The Bertz CT molecular complexity index is 750. The van der Waals surface area contributed by atoms with Crippen LogP contribution in [0.5, 0.6) is 0 Å². The number of carbonyl (C=O) groups is 1. The van der Waals surface area contributed by atoms with Crippen LogP contribution in [-0.2, 0) is 18.2 Å². The number of ether oxygens (including phenoxy) is 1. The van der Waals surface area contributed by atoms with Crippen LogP contribution in [0.4, 0.5) is 0 Å². The Hall–Kier alpha value is -2.48. The van der Waals surface area contributed by atoms with Crippen LogP contribution in [0, 0.1) is 5.92 Å². The average Bonchev–Trinajstić information content (AvgIpc) is 2.91. The number of aryl methyl sites for hydroxylation is 1. The molecule has 0 saturated heterocycles. The lowest BCUT2D eigenvalue weighted by Gasteiger charge is -2.18. The molecule has 0 aliphatic rings. The molecule has 0 aliphatic carbocycles.